The molecule has 24 heavy (non-hydrogen) atoms. The third-order valence-corrected chi connectivity index (χ3v) is 5.04. The molecular formula is C21H22O3. The standard InChI is InChI=1S/C21H22O3/c22-21(23-19-11-9-15-5-1-3-7-17(15)13-19)24-20-12-10-16-6-2-4-8-18(16)14-20/h9-14H,1-8H2. The zero-order chi connectivity index (χ0) is 16.4. The number of hydrogen-bond donors (Lipinski definition) is 0. The van der Waals surface area contributed by atoms with Crippen LogP contribution in [0.5, 0.6) is 11.5 Å². The third kappa shape index (κ3) is 3.30. The molecule has 0 radical (unpaired) electrons. The predicted molar refractivity (Wildman–Crippen MR) is 92.8 cm³/mol. The Morgan fingerprint density at radius 2 is 1.04 bits per heavy atom. The van der Waals surface area contributed by atoms with Crippen LogP contribution in [0.1, 0.15) is 47.9 Å². The predicted octanol–water partition coefficient (Wildman–Crippen LogP) is 5.02. The van der Waals surface area contributed by atoms with Crippen LogP contribution in [0.4, 0.5) is 4.79 Å². The molecular weight excluding hydrogens is 300 g/mol. The SMILES string of the molecule is O=C(Oc1ccc2c(c1)CCCC2)Oc1ccc2c(c1)CCCC2. The van der Waals surface area contributed by atoms with Crippen LogP contribution in [0.15, 0.2) is 36.4 Å². The number of aryl methyl sites for hydroxylation is 4. The summed E-state index contributed by atoms with van der Waals surface area (Å²) in [5, 5.41) is 0. The maximum Gasteiger partial charge on any atom is 0.519 e. The van der Waals surface area contributed by atoms with E-state index >= 15 is 0 Å². The summed E-state index contributed by atoms with van der Waals surface area (Å²) in [6, 6.07) is 11.8. The molecule has 0 N–H and O–H groups in total. The van der Waals surface area contributed by atoms with Gasteiger partial charge < -0.3 is 9.47 Å². The first kappa shape index (κ1) is 15.3. The van der Waals surface area contributed by atoms with Gasteiger partial charge in [-0.3, -0.25) is 0 Å². The molecule has 3 heteroatoms. The molecule has 2 aromatic rings. The number of fused-ring (bicyclic) bond motifs is 2. The average molecular weight is 322 g/mol. The summed E-state index contributed by atoms with van der Waals surface area (Å²) in [6.07, 6.45) is 8.60. The van der Waals surface area contributed by atoms with Gasteiger partial charge in [-0.05, 0) is 97.9 Å². The summed E-state index contributed by atoms with van der Waals surface area (Å²) in [6.45, 7) is 0. The van der Waals surface area contributed by atoms with E-state index in [0.29, 0.717) is 11.5 Å². The Morgan fingerprint density at radius 1 is 0.625 bits per heavy atom. The van der Waals surface area contributed by atoms with Gasteiger partial charge in [-0.2, -0.15) is 0 Å². The number of ether oxygens (including phenoxy) is 2. The Bertz CT molecular complexity index is 700. The van der Waals surface area contributed by atoms with Crippen molar-refractivity contribution < 1.29 is 14.3 Å². The number of carbonyl (C=O) groups is 1. The van der Waals surface area contributed by atoms with Gasteiger partial charge in [0, 0.05) is 0 Å². The Balaban J connectivity index is 1.43. The van der Waals surface area contributed by atoms with Crippen LogP contribution in [-0.2, 0) is 25.7 Å². The molecule has 0 saturated carbocycles. The van der Waals surface area contributed by atoms with Crippen molar-refractivity contribution in [2.45, 2.75) is 51.4 Å². The van der Waals surface area contributed by atoms with Gasteiger partial charge in [-0.15, -0.1) is 0 Å². The molecule has 0 amide bonds. The minimum atomic E-state index is -0.665. The second kappa shape index (κ2) is 6.68. The van der Waals surface area contributed by atoms with Gasteiger partial charge in [0.2, 0.25) is 0 Å². The lowest BCUT2D eigenvalue weighted by molar-refractivity contribution is 0.152. The lowest BCUT2D eigenvalue weighted by atomic mass is 9.92. The molecule has 2 aliphatic rings. The lowest BCUT2D eigenvalue weighted by Gasteiger charge is -2.17. The van der Waals surface area contributed by atoms with E-state index in [9.17, 15) is 4.79 Å². The summed E-state index contributed by atoms with van der Waals surface area (Å²) < 4.78 is 10.7. The molecule has 0 heterocycles. The molecule has 2 aliphatic carbocycles. The molecule has 0 atom stereocenters. The fraction of sp³-hybridized carbons (Fsp3) is 0.381. The molecule has 0 unspecified atom stereocenters. The largest absolute Gasteiger partial charge is 0.519 e. The first-order chi connectivity index (χ1) is 11.8. The van der Waals surface area contributed by atoms with Crippen LogP contribution in [0.2, 0.25) is 0 Å². The molecule has 0 spiro atoms. The quantitative estimate of drug-likeness (QED) is 0.575. The average Bonchev–Trinajstić information content (AvgIpc) is 2.61. The lowest BCUT2D eigenvalue weighted by Crippen LogP contribution is -2.15. The number of rotatable bonds is 2. The first-order valence-electron chi connectivity index (χ1n) is 8.91. The summed E-state index contributed by atoms with van der Waals surface area (Å²) >= 11 is 0. The van der Waals surface area contributed by atoms with E-state index in [-0.39, 0.29) is 0 Å². The van der Waals surface area contributed by atoms with Crippen molar-refractivity contribution in [2.24, 2.45) is 0 Å². The highest BCUT2D eigenvalue weighted by atomic mass is 16.7. The summed E-state index contributed by atoms with van der Waals surface area (Å²) in [5.41, 5.74) is 5.33. The van der Waals surface area contributed by atoms with Crippen molar-refractivity contribution in [3.8, 4) is 11.5 Å². The van der Waals surface area contributed by atoms with Gasteiger partial charge in [0.15, 0.2) is 0 Å². The Labute approximate surface area is 142 Å². The molecule has 0 fully saturated rings. The van der Waals surface area contributed by atoms with Crippen LogP contribution in [0.25, 0.3) is 0 Å². The Hall–Kier alpha value is -2.29. The molecule has 124 valence electrons. The molecule has 2 aromatic carbocycles. The van der Waals surface area contributed by atoms with Crippen LogP contribution in [0.3, 0.4) is 0 Å². The van der Waals surface area contributed by atoms with Gasteiger partial charge in [-0.1, -0.05) is 12.1 Å². The highest BCUT2D eigenvalue weighted by Crippen LogP contribution is 2.27. The van der Waals surface area contributed by atoms with Crippen molar-refractivity contribution in [3.05, 3.63) is 58.7 Å². The van der Waals surface area contributed by atoms with Crippen molar-refractivity contribution >= 4 is 6.16 Å². The Kier molecular flexibility index (Phi) is 4.24. The second-order valence-corrected chi connectivity index (χ2v) is 6.73. The van der Waals surface area contributed by atoms with Crippen LogP contribution >= 0.6 is 0 Å². The number of carbonyl (C=O) groups excluding carboxylic acids is 1. The fourth-order valence-corrected chi connectivity index (χ4v) is 3.76. The summed E-state index contributed by atoms with van der Waals surface area (Å²) in [5.74, 6) is 1.14. The van der Waals surface area contributed by atoms with Crippen molar-refractivity contribution in [3.63, 3.8) is 0 Å². The first-order valence-corrected chi connectivity index (χ1v) is 8.91. The highest BCUT2D eigenvalue weighted by molar-refractivity contribution is 5.67. The summed E-state index contributed by atoms with van der Waals surface area (Å²) in [4.78, 5) is 12.1. The van der Waals surface area contributed by atoms with E-state index in [2.05, 4.69) is 12.1 Å². The highest BCUT2D eigenvalue weighted by Gasteiger charge is 2.15. The third-order valence-electron chi connectivity index (χ3n) is 5.04. The Morgan fingerprint density at radius 3 is 1.50 bits per heavy atom. The topological polar surface area (TPSA) is 35.5 Å². The number of benzene rings is 2. The second-order valence-electron chi connectivity index (χ2n) is 6.73. The van der Waals surface area contributed by atoms with E-state index < -0.39 is 6.16 Å². The minimum absolute atomic E-state index is 0.568. The monoisotopic (exact) mass is 322 g/mol. The zero-order valence-electron chi connectivity index (χ0n) is 13.8. The van der Waals surface area contributed by atoms with Crippen molar-refractivity contribution in [1.29, 1.82) is 0 Å². The minimum Gasteiger partial charge on any atom is -0.395 e. The normalized spacial score (nSPS) is 16.0. The van der Waals surface area contributed by atoms with Crippen LogP contribution < -0.4 is 9.47 Å². The van der Waals surface area contributed by atoms with Gasteiger partial charge in [0.1, 0.15) is 11.5 Å². The maximum absolute atomic E-state index is 12.1. The maximum atomic E-state index is 12.1. The van der Waals surface area contributed by atoms with E-state index in [0.717, 1.165) is 25.7 Å². The molecule has 3 nitrogen and oxygen atoms in total. The van der Waals surface area contributed by atoms with Crippen LogP contribution in [0, 0.1) is 0 Å². The van der Waals surface area contributed by atoms with Crippen molar-refractivity contribution in [1.82, 2.24) is 0 Å². The van der Waals surface area contributed by atoms with E-state index in [1.165, 1.54) is 47.9 Å². The van der Waals surface area contributed by atoms with E-state index in [1.807, 2.05) is 24.3 Å². The fourth-order valence-electron chi connectivity index (χ4n) is 3.76. The van der Waals surface area contributed by atoms with Crippen LogP contribution in [-0.4, -0.2) is 6.16 Å². The molecule has 0 saturated heterocycles. The molecule has 0 aliphatic heterocycles. The van der Waals surface area contributed by atoms with E-state index in [4.69, 9.17) is 9.47 Å². The molecule has 0 aromatic heterocycles. The molecule has 4 rings (SSSR count). The van der Waals surface area contributed by atoms with Gasteiger partial charge in [0.25, 0.3) is 0 Å². The van der Waals surface area contributed by atoms with Gasteiger partial charge in [0.05, 0.1) is 0 Å². The van der Waals surface area contributed by atoms with E-state index in [1.54, 1.807) is 0 Å². The summed E-state index contributed by atoms with van der Waals surface area (Å²) in [7, 11) is 0. The van der Waals surface area contributed by atoms with Crippen molar-refractivity contribution in [2.75, 3.05) is 0 Å². The van der Waals surface area contributed by atoms with Gasteiger partial charge in [-0.25, -0.2) is 4.79 Å². The van der Waals surface area contributed by atoms with Gasteiger partial charge >= 0.3 is 6.16 Å². The smallest absolute Gasteiger partial charge is 0.395 e. The molecule has 0 bridgehead atoms. The number of hydrogen-bond acceptors (Lipinski definition) is 3. The zero-order valence-corrected chi connectivity index (χ0v) is 13.8.